The van der Waals surface area contributed by atoms with Crippen molar-refractivity contribution in [1.29, 1.82) is 0 Å². The number of aliphatic hydroxyl groups is 1. The van der Waals surface area contributed by atoms with Crippen LogP contribution in [0, 0.1) is 0 Å². The zero-order valence-corrected chi connectivity index (χ0v) is 20.3. The van der Waals surface area contributed by atoms with Gasteiger partial charge in [-0.05, 0) is 82.3 Å². The van der Waals surface area contributed by atoms with Crippen molar-refractivity contribution in [2.24, 2.45) is 0 Å². The van der Waals surface area contributed by atoms with Gasteiger partial charge in [0.05, 0.1) is 18.3 Å². The van der Waals surface area contributed by atoms with Gasteiger partial charge >= 0.3 is 0 Å². The van der Waals surface area contributed by atoms with E-state index in [1.807, 2.05) is 18.2 Å². The van der Waals surface area contributed by atoms with Crippen LogP contribution in [0.3, 0.4) is 0 Å². The monoisotopic (exact) mass is 468 g/mol. The lowest BCUT2D eigenvalue weighted by molar-refractivity contribution is -0.0448. The third kappa shape index (κ3) is 5.40. The highest BCUT2D eigenvalue weighted by Gasteiger charge is 2.22. The molecule has 0 aliphatic carbocycles. The number of ether oxygens (including phenoxy) is 3. The molecule has 1 heterocycles. The molecule has 4 aromatic rings. The SMILES string of the molecule is COC(C)c1cc(-c2ccccc2)c2ccc(OCc3cccc(C4CC(O)CCO4)c3)cc2c1. The van der Waals surface area contributed by atoms with Crippen LogP contribution in [-0.2, 0) is 16.1 Å². The smallest absolute Gasteiger partial charge is 0.120 e. The quantitative estimate of drug-likeness (QED) is 0.317. The number of methoxy groups -OCH3 is 1. The van der Waals surface area contributed by atoms with Crippen molar-refractivity contribution in [1.82, 2.24) is 0 Å². The predicted octanol–water partition coefficient (Wildman–Crippen LogP) is 7.01. The van der Waals surface area contributed by atoms with Crippen LogP contribution in [0.15, 0.2) is 84.9 Å². The topological polar surface area (TPSA) is 47.9 Å². The molecular formula is C31H32O4. The van der Waals surface area contributed by atoms with Gasteiger partial charge in [0.1, 0.15) is 12.4 Å². The van der Waals surface area contributed by atoms with Crippen LogP contribution in [0.2, 0.25) is 0 Å². The molecule has 1 saturated heterocycles. The summed E-state index contributed by atoms with van der Waals surface area (Å²) in [5, 5.41) is 12.3. The molecule has 0 bridgehead atoms. The maximum absolute atomic E-state index is 10.00. The molecule has 1 aliphatic heterocycles. The summed E-state index contributed by atoms with van der Waals surface area (Å²) in [6.07, 6.45) is 0.989. The maximum Gasteiger partial charge on any atom is 0.120 e. The van der Waals surface area contributed by atoms with Crippen molar-refractivity contribution >= 4 is 10.8 Å². The minimum Gasteiger partial charge on any atom is -0.489 e. The van der Waals surface area contributed by atoms with Crippen LogP contribution in [0.5, 0.6) is 5.75 Å². The molecular weight excluding hydrogens is 436 g/mol. The van der Waals surface area contributed by atoms with Gasteiger partial charge in [0, 0.05) is 20.1 Å². The van der Waals surface area contributed by atoms with E-state index in [2.05, 4.69) is 73.7 Å². The zero-order chi connectivity index (χ0) is 24.2. The number of hydrogen-bond donors (Lipinski definition) is 1. The van der Waals surface area contributed by atoms with E-state index in [1.54, 1.807) is 7.11 Å². The summed E-state index contributed by atoms with van der Waals surface area (Å²) in [7, 11) is 1.74. The molecule has 180 valence electrons. The van der Waals surface area contributed by atoms with E-state index >= 15 is 0 Å². The van der Waals surface area contributed by atoms with Gasteiger partial charge in [0.2, 0.25) is 0 Å². The van der Waals surface area contributed by atoms with Crippen molar-refractivity contribution in [3.8, 4) is 16.9 Å². The molecule has 35 heavy (non-hydrogen) atoms. The third-order valence-electron chi connectivity index (χ3n) is 6.84. The van der Waals surface area contributed by atoms with Gasteiger partial charge in [-0.25, -0.2) is 0 Å². The Labute approximate surface area is 207 Å². The minimum absolute atomic E-state index is 0.00491. The Morgan fingerprint density at radius 3 is 2.63 bits per heavy atom. The second kappa shape index (κ2) is 10.6. The highest BCUT2D eigenvalue weighted by atomic mass is 16.5. The summed E-state index contributed by atoms with van der Waals surface area (Å²) < 4.78 is 17.7. The van der Waals surface area contributed by atoms with Gasteiger partial charge < -0.3 is 19.3 Å². The van der Waals surface area contributed by atoms with Crippen molar-refractivity contribution < 1.29 is 19.3 Å². The summed E-state index contributed by atoms with van der Waals surface area (Å²) in [5.41, 5.74) is 5.68. The second-order valence-electron chi connectivity index (χ2n) is 9.27. The summed E-state index contributed by atoms with van der Waals surface area (Å²) >= 11 is 0. The molecule has 1 aliphatic rings. The van der Waals surface area contributed by atoms with Gasteiger partial charge in [-0.15, -0.1) is 0 Å². The Morgan fingerprint density at radius 1 is 0.971 bits per heavy atom. The highest BCUT2D eigenvalue weighted by molar-refractivity contribution is 5.98. The zero-order valence-electron chi connectivity index (χ0n) is 20.3. The van der Waals surface area contributed by atoms with E-state index in [-0.39, 0.29) is 18.3 Å². The lowest BCUT2D eigenvalue weighted by Crippen LogP contribution is -2.23. The summed E-state index contributed by atoms with van der Waals surface area (Å²) in [6.45, 7) is 3.13. The van der Waals surface area contributed by atoms with Crippen molar-refractivity contribution in [3.63, 3.8) is 0 Å². The number of benzene rings is 4. The molecule has 0 aromatic heterocycles. The second-order valence-corrected chi connectivity index (χ2v) is 9.27. The van der Waals surface area contributed by atoms with Crippen molar-refractivity contribution in [2.75, 3.05) is 13.7 Å². The molecule has 4 heteroatoms. The average Bonchev–Trinajstić information content (AvgIpc) is 2.91. The van der Waals surface area contributed by atoms with E-state index in [4.69, 9.17) is 14.2 Å². The van der Waals surface area contributed by atoms with Crippen LogP contribution < -0.4 is 4.74 Å². The summed E-state index contributed by atoms with van der Waals surface area (Å²) in [4.78, 5) is 0. The first kappa shape index (κ1) is 23.6. The van der Waals surface area contributed by atoms with Gasteiger partial charge in [-0.2, -0.15) is 0 Å². The lowest BCUT2D eigenvalue weighted by atomic mass is 9.94. The van der Waals surface area contributed by atoms with E-state index in [0.29, 0.717) is 26.1 Å². The fraction of sp³-hybridized carbons (Fsp3) is 0.290. The van der Waals surface area contributed by atoms with Crippen LogP contribution >= 0.6 is 0 Å². The van der Waals surface area contributed by atoms with E-state index in [0.717, 1.165) is 27.8 Å². The lowest BCUT2D eigenvalue weighted by Gasteiger charge is -2.27. The molecule has 0 amide bonds. The summed E-state index contributed by atoms with van der Waals surface area (Å²) in [6, 6.07) is 29.4. The largest absolute Gasteiger partial charge is 0.489 e. The van der Waals surface area contributed by atoms with Crippen LogP contribution in [-0.4, -0.2) is 24.9 Å². The fourth-order valence-corrected chi connectivity index (χ4v) is 4.75. The predicted molar refractivity (Wildman–Crippen MR) is 140 cm³/mol. The maximum atomic E-state index is 10.00. The third-order valence-corrected chi connectivity index (χ3v) is 6.84. The molecule has 0 saturated carbocycles. The van der Waals surface area contributed by atoms with Crippen LogP contribution in [0.4, 0.5) is 0 Å². The molecule has 1 N–H and O–H groups in total. The average molecular weight is 469 g/mol. The Morgan fingerprint density at radius 2 is 1.83 bits per heavy atom. The van der Waals surface area contributed by atoms with Crippen molar-refractivity contribution in [3.05, 3.63) is 102 Å². The molecule has 4 aromatic carbocycles. The number of hydrogen-bond acceptors (Lipinski definition) is 4. The van der Waals surface area contributed by atoms with Gasteiger partial charge in [0.15, 0.2) is 0 Å². The minimum atomic E-state index is -0.294. The standard InChI is InChI=1S/C31H32O4/c1-21(33-2)25-16-26-17-28(11-12-29(26)30(18-25)23-8-4-3-5-9-23)35-20-22-7-6-10-24(15-22)31-19-27(32)13-14-34-31/h3-12,15-18,21,27,31-32H,13-14,19-20H2,1-2H3. The van der Waals surface area contributed by atoms with Crippen LogP contribution in [0.25, 0.3) is 21.9 Å². The highest BCUT2D eigenvalue weighted by Crippen LogP contribution is 2.35. The number of rotatable bonds is 7. The molecule has 0 spiro atoms. The molecule has 4 nitrogen and oxygen atoms in total. The van der Waals surface area contributed by atoms with Crippen LogP contribution in [0.1, 0.15) is 48.7 Å². The Kier molecular flexibility index (Phi) is 7.14. The van der Waals surface area contributed by atoms with Gasteiger partial charge in [-0.3, -0.25) is 0 Å². The molecule has 3 unspecified atom stereocenters. The first-order chi connectivity index (χ1) is 17.1. The van der Waals surface area contributed by atoms with Crippen molar-refractivity contribution in [2.45, 2.75) is 44.7 Å². The Bertz CT molecular complexity index is 1280. The Hall–Kier alpha value is -3.18. The first-order valence-corrected chi connectivity index (χ1v) is 12.3. The van der Waals surface area contributed by atoms with Gasteiger partial charge in [0.25, 0.3) is 0 Å². The van der Waals surface area contributed by atoms with E-state index in [1.165, 1.54) is 16.5 Å². The molecule has 1 fully saturated rings. The molecule has 3 atom stereocenters. The summed E-state index contributed by atoms with van der Waals surface area (Å²) in [5.74, 6) is 0.827. The number of fused-ring (bicyclic) bond motifs is 1. The number of aliphatic hydroxyl groups excluding tert-OH is 1. The Balaban J connectivity index is 1.40. The van der Waals surface area contributed by atoms with E-state index < -0.39 is 0 Å². The fourth-order valence-electron chi connectivity index (χ4n) is 4.75. The van der Waals surface area contributed by atoms with Gasteiger partial charge in [-0.1, -0.05) is 54.6 Å². The molecule has 5 rings (SSSR count). The molecule has 0 radical (unpaired) electrons. The normalized spacial score (nSPS) is 18.9. The van der Waals surface area contributed by atoms with E-state index in [9.17, 15) is 5.11 Å². The first-order valence-electron chi connectivity index (χ1n) is 12.3.